The average Bonchev–Trinajstić information content (AvgIpc) is 3.56. The average molecular weight is 500 g/mol. The van der Waals surface area contributed by atoms with Crippen molar-refractivity contribution in [3.8, 4) is 34.1 Å². The molecule has 0 bridgehead atoms. The van der Waals surface area contributed by atoms with Gasteiger partial charge >= 0.3 is 0 Å². The number of hydrogen-bond acceptors (Lipinski definition) is 7. The number of hydrogen-bond donors (Lipinski definition) is 1. The van der Waals surface area contributed by atoms with E-state index in [1.54, 1.807) is 23.2 Å². The number of aryl methyl sites for hydroxylation is 1. The van der Waals surface area contributed by atoms with Crippen LogP contribution in [0.4, 0.5) is 0 Å². The minimum absolute atomic E-state index is 0.623. The van der Waals surface area contributed by atoms with Crippen LogP contribution in [0.5, 0.6) is 11.5 Å². The Hall–Kier alpha value is -4.83. The van der Waals surface area contributed by atoms with Crippen LogP contribution in [0.3, 0.4) is 0 Å². The number of fused-ring (bicyclic) bond motifs is 1. The highest BCUT2D eigenvalue weighted by Crippen LogP contribution is 2.30. The van der Waals surface area contributed by atoms with Crippen molar-refractivity contribution in [1.82, 2.24) is 39.3 Å². The molecule has 9 nitrogen and oxygen atoms in total. The standard InChI is InChI=1S/C28H25BN8O/c1-19-5-2-9-24(33-19)28-27(21-10-11-26-31-18-32-37(26)16-21)34-25(35-28)17-36(29)15-20-6-3-7-22(13-20)38-23-8-4-12-30-14-23/h2-14,16,18H,15,17,29H2,1H3,(H,34,35). The number of pyridine rings is 3. The number of imidazole rings is 1. The Labute approximate surface area is 220 Å². The lowest BCUT2D eigenvalue weighted by molar-refractivity contribution is 0.429. The molecule has 5 heterocycles. The van der Waals surface area contributed by atoms with E-state index in [4.69, 9.17) is 14.7 Å². The first-order valence-electron chi connectivity index (χ1n) is 12.3. The van der Waals surface area contributed by atoms with Gasteiger partial charge in [-0.05, 0) is 61.0 Å². The molecule has 186 valence electrons. The summed E-state index contributed by atoms with van der Waals surface area (Å²) >= 11 is 0. The number of nitrogens with zero attached hydrogens (tertiary/aromatic N) is 7. The van der Waals surface area contributed by atoms with Crippen LogP contribution in [0, 0.1) is 6.92 Å². The molecule has 0 radical (unpaired) electrons. The molecule has 0 aliphatic heterocycles. The zero-order valence-corrected chi connectivity index (χ0v) is 21.1. The summed E-state index contributed by atoms with van der Waals surface area (Å²) in [6.45, 7) is 3.33. The molecule has 0 atom stereocenters. The third-order valence-electron chi connectivity index (χ3n) is 6.09. The molecular weight excluding hydrogens is 475 g/mol. The number of aromatic amines is 1. The van der Waals surface area contributed by atoms with Gasteiger partial charge in [0.1, 0.15) is 29.3 Å². The smallest absolute Gasteiger partial charge is 0.186 e. The molecule has 5 aromatic heterocycles. The molecule has 6 rings (SSSR count). The fourth-order valence-electron chi connectivity index (χ4n) is 4.41. The summed E-state index contributed by atoms with van der Waals surface area (Å²) in [6.07, 6.45) is 6.93. The third-order valence-corrected chi connectivity index (χ3v) is 6.09. The molecule has 1 N–H and O–H groups in total. The van der Waals surface area contributed by atoms with Gasteiger partial charge in [0.05, 0.1) is 17.6 Å². The van der Waals surface area contributed by atoms with Crippen molar-refractivity contribution in [1.29, 1.82) is 0 Å². The summed E-state index contributed by atoms with van der Waals surface area (Å²) in [7, 11) is 2.07. The molecule has 10 heteroatoms. The van der Waals surface area contributed by atoms with Gasteiger partial charge in [0.25, 0.3) is 0 Å². The SMILES string of the molecule is BN(Cc1cccc(Oc2cccnc2)c1)Cc1nc(-c2cccc(C)n2)c(-c2ccc3ncnn3c2)[nH]1. The van der Waals surface area contributed by atoms with Crippen LogP contribution < -0.4 is 4.74 Å². The molecule has 0 unspecified atom stereocenters. The van der Waals surface area contributed by atoms with E-state index in [1.165, 1.54) is 0 Å². The van der Waals surface area contributed by atoms with Crippen molar-refractivity contribution in [2.24, 2.45) is 0 Å². The second kappa shape index (κ2) is 10.3. The van der Waals surface area contributed by atoms with Gasteiger partial charge in [0, 0.05) is 36.7 Å². The van der Waals surface area contributed by atoms with E-state index >= 15 is 0 Å². The van der Waals surface area contributed by atoms with Gasteiger partial charge < -0.3 is 14.5 Å². The zero-order chi connectivity index (χ0) is 25.9. The predicted molar refractivity (Wildman–Crippen MR) is 147 cm³/mol. The normalized spacial score (nSPS) is 11.3. The Morgan fingerprint density at radius 3 is 2.74 bits per heavy atom. The van der Waals surface area contributed by atoms with E-state index in [0.717, 1.165) is 57.7 Å². The highest BCUT2D eigenvalue weighted by Gasteiger charge is 2.17. The summed E-state index contributed by atoms with van der Waals surface area (Å²) in [4.78, 5) is 23.8. The number of benzene rings is 1. The molecule has 0 aliphatic rings. The Morgan fingerprint density at radius 1 is 0.974 bits per heavy atom. The molecular formula is C28H25BN8O. The summed E-state index contributed by atoms with van der Waals surface area (Å²) in [5.41, 5.74) is 6.36. The molecule has 0 amide bonds. The topological polar surface area (TPSA) is 97.1 Å². The van der Waals surface area contributed by atoms with E-state index in [9.17, 15) is 0 Å². The third kappa shape index (κ3) is 5.16. The molecule has 1 aromatic carbocycles. The van der Waals surface area contributed by atoms with Gasteiger partial charge in [0.2, 0.25) is 0 Å². The van der Waals surface area contributed by atoms with E-state index in [2.05, 4.69) is 38.9 Å². The van der Waals surface area contributed by atoms with Crippen LogP contribution in [0.15, 0.2) is 91.6 Å². The van der Waals surface area contributed by atoms with Crippen LogP contribution in [0.1, 0.15) is 17.1 Å². The second-order valence-electron chi connectivity index (χ2n) is 9.16. The summed E-state index contributed by atoms with van der Waals surface area (Å²) in [6, 6.07) is 21.8. The van der Waals surface area contributed by atoms with E-state index in [1.807, 2.05) is 73.8 Å². The van der Waals surface area contributed by atoms with Crippen molar-refractivity contribution in [2.75, 3.05) is 0 Å². The molecule has 0 saturated heterocycles. The highest BCUT2D eigenvalue weighted by molar-refractivity contribution is 6.04. The largest absolute Gasteiger partial charge is 0.456 e. The van der Waals surface area contributed by atoms with E-state index < -0.39 is 0 Å². The minimum Gasteiger partial charge on any atom is -0.456 e. The van der Waals surface area contributed by atoms with Gasteiger partial charge in [0.15, 0.2) is 13.6 Å². The second-order valence-corrected chi connectivity index (χ2v) is 9.16. The van der Waals surface area contributed by atoms with Gasteiger partial charge in [-0.3, -0.25) is 9.97 Å². The maximum absolute atomic E-state index is 5.95. The summed E-state index contributed by atoms with van der Waals surface area (Å²) in [5, 5.41) is 4.29. The first-order valence-corrected chi connectivity index (χ1v) is 12.3. The zero-order valence-electron chi connectivity index (χ0n) is 21.1. The molecule has 0 aliphatic carbocycles. The fraction of sp³-hybridized carbons (Fsp3) is 0.107. The monoisotopic (exact) mass is 500 g/mol. The van der Waals surface area contributed by atoms with Crippen molar-refractivity contribution in [3.05, 3.63) is 109 Å². The van der Waals surface area contributed by atoms with E-state index in [0.29, 0.717) is 12.3 Å². The Kier molecular flexibility index (Phi) is 6.37. The van der Waals surface area contributed by atoms with Gasteiger partial charge in [-0.15, -0.1) is 0 Å². The highest BCUT2D eigenvalue weighted by atomic mass is 16.5. The Bertz CT molecular complexity index is 1700. The number of aromatic nitrogens is 7. The van der Waals surface area contributed by atoms with E-state index in [-0.39, 0.29) is 0 Å². The lowest BCUT2D eigenvalue weighted by Gasteiger charge is -2.16. The minimum atomic E-state index is 0.623. The van der Waals surface area contributed by atoms with Crippen molar-refractivity contribution >= 4 is 13.6 Å². The van der Waals surface area contributed by atoms with Crippen LogP contribution in [0.25, 0.3) is 28.3 Å². The summed E-state index contributed by atoms with van der Waals surface area (Å²) in [5.74, 6) is 2.34. The lowest BCUT2D eigenvalue weighted by atomic mass is 10.1. The molecule has 0 spiro atoms. The first kappa shape index (κ1) is 23.6. The number of ether oxygens (including phenoxy) is 1. The number of rotatable bonds is 8. The van der Waals surface area contributed by atoms with Gasteiger partial charge in [-0.1, -0.05) is 18.2 Å². The van der Waals surface area contributed by atoms with Gasteiger partial charge in [-0.2, -0.15) is 5.10 Å². The van der Waals surface area contributed by atoms with Crippen LogP contribution in [-0.4, -0.2) is 47.3 Å². The van der Waals surface area contributed by atoms with Crippen LogP contribution >= 0.6 is 0 Å². The predicted octanol–water partition coefficient (Wildman–Crippen LogP) is 4.23. The van der Waals surface area contributed by atoms with Crippen molar-refractivity contribution in [2.45, 2.75) is 20.0 Å². The van der Waals surface area contributed by atoms with Crippen LogP contribution in [-0.2, 0) is 13.1 Å². The van der Waals surface area contributed by atoms with Crippen molar-refractivity contribution in [3.63, 3.8) is 0 Å². The number of nitrogens with one attached hydrogen (secondary N) is 1. The van der Waals surface area contributed by atoms with Crippen molar-refractivity contribution < 1.29 is 4.74 Å². The maximum atomic E-state index is 5.95. The number of H-pyrrole nitrogens is 1. The first-order chi connectivity index (χ1) is 18.6. The van der Waals surface area contributed by atoms with Gasteiger partial charge in [-0.25, -0.2) is 14.5 Å². The maximum Gasteiger partial charge on any atom is 0.186 e. The lowest BCUT2D eigenvalue weighted by Crippen LogP contribution is -2.19. The fourth-order valence-corrected chi connectivity index (χ4v) is 4.41. The molecule has 0 fully saturated rings. The Balaban J connectivity index is 1.25. The quantitative estimate of drug-likeness (QED) is 0.313. The summed E-state index contributed by atoms with van der Waals surface area (Å²) < 4.78 is 7.71. The molecule has 6 aromatic rings. The molecule has 38 heavy (non-hydrogen) atoms. The Morgan fingerprint density at radius 2 is 1.87 bits per heavy atom. The van der Waals surface area contributed by atoms with Crippen LogP contribution in [0.2, 0.25) is 0 Å². The molecule has 0 saturated carbocycles.